The number of carbonyl (C=O) groups is 1. The first-order valence-electron chi connectivity index (χ1n) is 5.83. The molecule has 0 aliphatic carbocycles. The molecule has 1 saturated heterocycles. The third-order valence-electron chi connectivity index (χ3n) is 3.09. The van der Waals surface area contributed by atoms with Crippen LogP contribution in [-0.4, -0.2) is 58.5 Å². The van der Waals surface area contributed by atoms with Crippen LogP contribution >= 0.6 is 0 Å². The smallest absolute Gasteiger partial charge is 0.328 e. The zero-order valence-electron chi connectivity index (χ0n) is 10.3. The molecule has 98 valence electrons. The van der Waals surface area contributed by atoms with Crippen molar-refractivity contribution in [3.8, 4) is 0 Å². The van der Waals surface area contributed by atoms with Crippen molar-refractivity contribution in [2.75, 3.05) is 33.2 Å². The van der Waals surface area contributed by atoms with Gasteiger partial charge in [0.2, 0.25) is 5.91 Å². The van der Waals surface area contributed by atoms with Crippen LogP contribution in [0.5, 0.6) is 0 Å². The van der Waals surface area contributed by atoms with Gasteiger partial charge in [0.05, 0.1) is 0 Å². The Labute approximate surface area is 104 Å². The number of H-pyrrole nitrogens is 1. The molecule has 0 atom stereocenters. The van der Waals surface area contributed by atoms with Crippen molar-refractivity contribution < 1.29 is 4.79 Å². The maximum Gasteiger partial charge on any atom is 0.328 e. The van der Waals surface area contributed by atoms with Crippen LogP contribution in [0.1, 0.15) is 0 Å². The van der Waals surface area contributed by atoms with Crippen LogP contribution in [0.25, 0.3) is 0 Å². The standard InChI is InChI=1S/C11H16N4O3/c1-13-4-6-14(7-5-13)10(17)8-15-9(16)2-3-12-11(15)18/h2-3H,4-8H2,1H3,(H,12,18). The topological polar surface area (TPSA) is 78.4 Å². The Morgan fingerprint density at radius 1 is 1.28 bits per heavy atom. The van der Waals surface area contributed by atoms with Crippen LogP contribution < -0.4 is 11.2 Å². The number of hydrogen-bond acceptors (Lipinski definition) is 4. The molecule has 1 fully saturated rings. The van der Waals surface area contributed by atoms with Crippen LogP contribution in [0.3, 0.4) is 0 Å². The Bertz CT molecular complexity index is 511. The Morgan fingerprint density at radius 2 is 1.94 bits per heavy atom. The van der Waals surface area contributed by atoms with Crippen molar-refractivity contribution in [1.82, 2.24) is 19.4 Å². The molecule has 7 heteroatoms. The fraction of sp³-hybridized carbons (Fsp3) is 0.545. The van der Waals surface area contributed by atoms with Gasteiger partial charge in [0.25, 0.3) is 5.56 Å². The first-order valence-corrected chi connectivity index (χ1v) is 5.83. The highest BCUT2D eigenvalue weighted by Gasteiger charge is 2.19. The Balaban J connectivity index is 2.08. The molecule has 1 aliphatic heterocycles. The first-order chi connectivity index (χ1) is 8.58. The molecule has 1 aromatic heterocycles. The monoisotopic (exact) mass is 252 g/mol. The number of aromatic amines is 1. The minimum atomic E-state index is -0.551. The summed E-state index contributed by atoms with van der Waals surface area (Å²) in [5, 5.41) is 0. The number of nitrogens with one attached hydrogen (secondary N) is 1. The molecule has 1 aromatic rings. The second-order valence-corrected chi connectivity index (χ2v) is 4.39. The van der Waals surface area contributed by atoms with E-state index in [1.165, 1.54) is 12.3 Å². The van der Waals surface area contributed by atoms with Crippen molar-refractivity contribution in [3.05, 3.63) is 33.1 Å². The highest BCUT2D eigenvalue weighted by Crippen LogP contribution is 1.99. The lowest BCUT2D eigenvalue weighted by Gasteiger charge is -2.32. The van der Waals surface area contributed by atoms with Crippen LogP contribution in [0.2, 0.25) is 0 Å². The van der Waals surface area contributed by atoms with Gasteiger partial charge in [-0.2, -0.15) is 0 Å². The maximum absolute atomic E-state index is 12.0. The van der Waals surface area contributed by atoms with Gasteiger partial charge in [0.1, 0.15) is 6.54 Å². The van der Waals surface area contributed by atoms with Crippen LogP contribution in [0, 0.1) is 0 Å². The molecule has 0 bridgehead atoms. The Morgan fingerprint density at radius 3 is 2.56 bits per heavy atom. The lowest BCUT2D eigenvalue weighted by atomic mass is 10.3. The van der Waals surface area contributed by atoms with E-state index in [9.17, 15) is 14.4 Å². The van der Waals surface area contributed by atoms with E-state index >= 15 is 0 Å². The number of amides is 1. The minimum Gasteiger partial charge on any atom is -0.339 e. The summed E-state index contributed by atoms with van der Waals surface area (Å²) in [6.07, 6.45) is 1.28. The van der Waals surface area contributed by atoms with E-state index in [0.29, 0.717) is 13.1 Å². The fourth-order valence-electron chi connectivity index (χ4n) is 1.89. The number of aromatic nitrogens is 2. The van der Waals surface area contributed by atoms with Crippen molar-refractivity contribution in [2.45, 2.75) is 6.54 Å². The molecule has 0 saturated carbocycles. The number of carbonyl (C=O) groups excluding carboxylic acids is 1. The summed E-state index contributed by atoms with van der Waals surface area (Å²) in [6, 6.07) is 1.23. The van der Waals surface area contributed by atoms with Gasteiger partial charge in [0.15, 0.2) is 0 Å². The molecule has 18 heavy (non-hydrogen) atoms. The molecule has 1 N–H and O–H groups in total. The van der Waals surface area contributed by atoms with Crippen molar-refractivity contribution in [3.63, 3.8) is 0 Å². The minimum absolute atomic E-state index is 0.193. The van der Waals surface area contributed by atoms with E-state index in [1.807, 2.05) is 7.05 Å². The van der Waals surface area contributed by atoms with Crippen molar-refractivity contribution in [2.24, 2.45) is 0 Å². The van der Waals surface area contributed by atoms with Crippen molar-refractivity contribution >= 4 is 5.91 Å². The number of nitrogens with zero attached hydrogens (tertiary/aromatic N) is 3. The third kappa shape index (κ3) is 2.67. The highest BCUT2D eigenvalue weighted by atomic mass is 16.2. The SMILES string of the molecule is CN1CCN(C(=O)Cn2c(=O)cc[nH]c2=O)CC1. The summed E-state index contributed by atoms with van der Waals surface area (Å²) < 4.78 is 0.917. The van der Waals surface area contributed by atoms with Crippen LogP contribution in [0.15, 0.2) is 21.9 Å². The number of hydrogen-bond donors (Lipinski definition) is 1. The summed E-state index contributed by atoms with van der Waals surface area (Å²) in [5.41, 5.74) is -1.01. The average Bonchev–Trinajstić information content (AvgIpc) is 2.34. The lowest BCUT2D eigenvalue weighted by molar-refractivity contribution is -0.133. The van der Waals surface area contributed by atoms with E-state index in [2.05, 4.69) is 9.88 Å². The third-order valence-corrected chi connectivity index (χ3v) is 3.09. The quantitative estimate of drug-likeness (QED) is 0.681. The predicted octanol–water partition coefficient (Wildman–Crippen LogP) is -1.69. The van der Waals surface area contributed by atoms with Gasteiger partial charge in [0, 0.05) is 38.4 Å². The molecule has 7 nitrogen and oxygen atoms in total. The second kappa shape index (κ2) is 5.18. The fourth-order valence-corrected chi connectivity index (χ4v) is 1.89. The molecular weight excluding hydrogens is 236 g/mol. The van der Waals surface area contributed by atoms with Gasteiger partial charge >= 0.3 is 5.69 Å². The average molecular weight is 252 g/mol. The molecule has 0 radical (unpaired) electrons. The molecule has 2 heterocycles. The van der Waals surface area contributed by atoms with Gasteiger partial charge in [-0.05, 0) is 7.05 Å². The summed E-state index contributed by atoms with van der Waals surface area (Å²) in [7, 11) is 1.99. The largest absolute Gasteiger partial charge is 0.339 e. The zero-order valence-corrected chi connectivity index (χ0v) is 10.3. The lowest BCUT2D eigenvalue weighted by Crippen LogP contribution is -2.49. The van der Waals surface area contributed by atoms with E-state index < -0.39 is 11.2 Å². The van der Waals surface area contributed by atoms with Gasteiger partial charge in [-0.3, -0.25) is 14.2 Å². The van der Waals surface area contributed by atoms with Gasteiger partial charge in [-0.1, -0.05) is 0 Å². The number of rotatable bonds is 2. The summed E-state index contributed by atoms with van der Waals surface area (Å²) in [6.45, 7) is 2.69. The molecule has 0 unspecified atom stereocenters. The second-order valence-electron chi connectivity index (χ2n) is 4.39. The highest BCUT2D eigenvalue weighted by molar-refractivity contribution is 5.76. The molecular formula is C11H16N4O3. The van der Waals surface area contributed by atoms with Crippen molar-refractivity contribution in [1.29, 1.82) is 0 Å². The molecule has 0 aromatic carbocycles. The van der Waals surface area contributed by atoms with Gasteiger partial charge in [-0.15, -0.1) is 0 Å². The normalized spacial score (nSPS) is 16.8. The molecule has 1 aliphatic rings. The molecule has 0 spiro atoms. The van der Waals surface area contributed by atoms with E-state index in [-0.39, 0.29) is 12.5 Å². The van der Waals surface area contributed by atoms with Gasteiger partial charge in [-0.25, -0.2) is 4.79 Å². The van der Waals surface area contributed by atoms with Crippen LogP contribution in [0.4, 0.5) is 0 Å². The molecule has 2 rings (SSSR count). The number of likely N-dealkylation sites (N-methyl/N-ethyl adjacent to an activating group) is 1. The maximum atomic E-state index is 12.0. The van der Waals surface area contributed by atoms with E-state index in [0.717, 1.165) is 17.7 Å². The molecule has 1 amide bonds. The van der Waals surface area contributed by atoms with Gasteiger partial charge < -0.3 is 14.8 Å². The summed E-state index contributed by atoms with van der Waals surface area (Å²) >= 11 is 0. The summed E-state index contributed by atoms with van der Waals surface area (Å²) in [5.74, 6) is -0.193. The summed E-state index contributed by atoms with van der Waals surface area (Å²) in [4.78, 5) is 41.1. The first kappa shape index (κ1) is 12.6. The zero-order chi connectivity index (χ0) is 13.1. The Hall–Kier alpha value is -1.89. The van der Waals surface area contributed by atoms with Crippen LogP contribution in [-0.2, 0) is 11.3 Å². The van der Waals surface area contributed by atoms with E-state index in [4.69, 9.17) is 0 Å². The Kier molecular flexibility index (Phi) is 3.61. The number of piperazine rings is 1. The predicted molar refractivity (Wildman–Crippen MR) is 65.4 cm³/mol. The van der Waals surface area contributed by atoms with E-state index in [1.54, 1.807) is 4.90 Å².